The lowest BCUT2D eigenvalue weighted by Crippen LogP contribution is -2.27. The van der Waals surface area contributed by atoms with E-state index in [0.717, 1.165) is 43.9 Å². The number of thiophene rings is 1. The van der Waals surface area contributed by atoms with Gasteiger partial charge in [0.25, 0.3) is 0 Å². The zero-order chi connectivity index (χ0) is 16.1. The van der Waals surface area contributed by atoms with Crippen molar-refractivity contribution in [3.63, 3.8) is 0 Å². The van der Waals surface area contributed by atoms with Gasteiger partial charge in [0.2, 0.25) is 0 Å². The molecule has 5 heteroatoms. The molecule has 0 N–H and O–H groups in total. The molecule has 0 saturated heterocycles. The molecule has 0 radical (unpaired) electrons. The molecule has 3 nitrogen and oxygen atoms in total. The Kier molecular flexibility index (Phi) is 5.65. The molecule has 0 atom stereocenters. The standard InChI is InChI=1S/C18H22N2OS2/c1-3-20(4-2)9-10-21-14-7-8-16-17(12-14)23-18(19-16)13-15-6-5-11-22-15/h5-8,11-12H,3-4,9-10,13H2,1-2H3. The molecule has 0 spiro atoms. The summed E-state index contributed by atoms with van der Waals surface area (Å²) >= 11 is 3.55. The first-order valence-electron chi connectivity index (χ1n) is 8.05. The summed E-state index contributed by atoms with van der Waals surface area (Å²) in [4.78, 5) is 8.45. The largest absolute Gasteiger partial charge is 0.492 e. The summed E-state index contributed by atoms with van der Waals surface area (Å²) in [5, 5.41) is 3.28. The SMILES string of the molecule is CCN(CC)CCOc1ccc2nc(Cc3cccs3)sc2c1. The number of likely N-dealkylation sites (N-methyl/N-ethyl adjacent to an activating group) is 1. The van der Waals surface area contributed by atoms with E-state index in [9.17, 15) is 0 Å². The summed E-state index contributed by atoms with van der Waals surface area (Å²) in [6, 6.07) is 10.5. The van der Waals surface area contributed by atoms with Crippen molar-refractivity contribution in [2.75, 3.05) is 26.2 Å². The fourth-order valence-electron chi connectivity index (χ4n) is 2.51. The molecular weight excluding hydrogens is 324 g/mol. The van der Waals surface area contributed by atoms with Crippen LogP contribution in [0.1, 0.15) is 23.7 Å². The Morgan fingerprint density at radius 2 is 2.04 bits per heavy atom. The van der Waals surface area contributed by atoms with Crippen molar-refractivity contribution in [3.05, 3.63) is 45.6 Å². The molecule has 0 saturated carbocycles. The maximum absolute atomic E-state index is 5.90. The van der Waals surface area contributed by atoms with Crippen molar-refractivity contribution < 1.29 is 4.74 Å². The van der Waals surface area contributed by atoms with Crippen molar-refractivity contribution in [3.8, 4) is 5.75 Å². The van der Waals surface area contributed by atoms with Crippen LogP contribution in [0.5, 0.6) is 5.75 Å². The Labute approximate surface area is 145 Å². The highest BCUT2D eigenvalue weighted by molar-refractivity contribution is 7.18. The molecule has 23 heavy (non-hydrogen) atoms. The molecule has 0 aliphatic rings. The number of ether oxygens (including phenoxy) is 1. The van der Waals surface area contributed by atoms with Gasteiger partial charge >= 0.3 is 0 Å². The molecular formula is C18H22N2OS2. The number of fused-ring (bicyclic) bond motifs is 1. The summed E-state index contributed by atoms with van der Waals surface area (Å²) in [5.41, 5.74) is 1.07. The Hall–Kier alpha value is -1.43. The van der Waals surface area contributed by atoms with Gasteiger partial charge in [-0.1, -0.05) is 19.9 Å². The first kappa shape index (κ1) is 16.4. The van der Waals surface area contributed by atoms with Crippen LogP contribution in [-0.4, -0.2) is 36.1 Å². The van der Waals surface area contributed by atoms with E-state index in [1.54, 1.807) is 22.7 Å². The third kappa shape index (κ3) is 4.31. The van der Waals surface area contributed by atoms with Crippen LogP contribution >= 0.6 is 22.7 Å². The van der Waals surface area contributed by atoms with E-state index in [1.807, 2.05) is 6.07 Å². The van der Waals surface area contributed by atoms with E-state index < -0.39 is 0 Å². The number of benzene rings is 1. The Bertz CT molecular complexity index is 733. The highest BCUT2D eigenvalue weighted by Crippen LogP contribution is 2.28. The highest BCUT2D eigenvalue weighted by atomic mass is 32.1. The van der Waals surface area contributed by atoms with Gasteiger partial charge in [-0.15, -0.1) is 22.7 Å². The van der Waals surface area contributed by atoms with Crippen LogP contribution < -0.4 is 4.74 Å². The van der Waals surface area contributed by atoms with Gasteiger partial charge in [0.1, 0.15) is 12.4 Å². The van der Waals surface area contributed by atoms with Crippen molar-refractivity contribution in [2.45, 2.75) is 20.3 Å². The smallest absolute Gasteiger partial charge is 0.120 e. The van der Waals surface area contributed by atoms with Crippen LogP contribution in [0, 0.1) is 0 Å². The van der Waals surface area contributed by atoms with Crippen molar-refractivity contribution in [1.29, 1.82) is 0 Å². The van der Waals surface area contributed by atoms with Gasteiger partial charge in [-0.25, -0.2) is 4.98 Å². The fourth-order valence-corrected chi connectivity index (χ4v) is 4.33. The third-order valence-corrected chi connectivity index (χ3v) is 5.77. The summed E-state index contributed by atoms with van der Waals surface area (Å²) in [6.45, 7) is 8.20. The Morgan fingerprint density at radius 1 is 1.17 bits per heavy atom. The number of aromatic nitrogens is 1. The minimum Gasteiger partial charge on any atom is -0.492 e. The zero-order valence-corrected chi connectivity index (χ0v) is 15.3. The predicted molar refractivity (Wildman–Crippen MR) is 100 cm³/mol. The lowest BCUT2D eigenvalue weighted by molar-refractivity contribution is 0.223. The van der Waals surface area contributed by atoms with Crippen molar-refractivity contribution in [2.24, 2.45) is 0 Å². The molecule has 0 aliphatic heterocycles. The average Bonchev–Trinajstić information content (AvgIpc) is 3.20. The Morgan fingerprint density at radius 3 is 2.78 bits per heavy atom. The monoisotopic (exact) mass is 346 g/mol. The summed E-state index contributed by atoms with van der Waals surface area (Å²) in [7, 11) is 0. The highest BCUT2D eigenvalue weighted by Gasteiger charge is 2.07. The Balaban J connectivity index is 1.64. The first-order chi connectivity index (χ1) is 11.3. The second kappa shape index (κ2) is 7.90. The summed E-state index contributed by atoms with van der Waals surface area (Å²) < 4.78 is 7.11. The lowest BCUT2D eigenvalue weighted by Gasteiger charge is -2.17. The first-order valence-corrected chi connectivity index (χ1v) is 9.75. The zero-order valence-electron chi connectivity index (χ0n) is 13.6. The predicted octanol–water partition coefficient (Wildman–Crippen LogP) is 4.67. The summed E-state index contributed by atoms with van der Waals surface area (Å²) in [6.07, 6.45) is 0.926. The molecule has 0 unspecified atom stereocenters. The fraction of sp³-hybridized carbons (Fsp3) is 0.389. The summed E-state index contributed by atoms with van der Waals surface area (Å²) in [5.74, 6) is 0.941. The van der Waals surface area contributed by atoms with Gasteiger partial charge in [0.15, 0.2) is 0 Å². The van der Waals surface area contributed by atoms with Gasteiger partial charge in [-0.05, 0) is 42.7 Å². The molecule has 0 bridgehead atoms. The topological polar surface area (TPSA) is 25.4 Å². The van der Waals surface area contributed by atoms with E-state index in [-0.39, 0.29) is 0 Å². The molecule has 1 aromatic carbocycles. The molecule has 3 rings (SSSR count). The maximum Gasteiger partial charge on any atom is 0.120 e. The van der Waals surface area contributed by atoms with Crippen molar-refractivity contribution in [1.82, 2.24) is 9.88 Å². The minimum atomic E-state index is 0.730. The number of hydrogen-bond donors (Lipinski definition) is 0. The van der Waals surface area contributed by atoms with Crippen LogP contribution in [0.25, 0.3) is 10.2 Å². The molecule has 0 amide bonds. The number of thiazole rings is 1. The van der Waals surface area contributed by atoms with E-state index >= 15 is 0 Å². The maximum atomic E-state index is 5.90. The average molecular weight is 347 g/mol. The van der Waals surface area contributed by atoms with Gasteiger partial charge < -0.3 is 9.64 Å². The quantitative estimate of drug-likeness (QED) is 0.593. The molecule has 122 valence electrons. The van der Waals surface area contributed by atoms with Crippen LogP contribution in [0.3, 0.4) is 0 Å². The minimum absolute atomic E-state index is 0.730. The van der Waals surface area contributed by atoms with Crippen LogP contribution in [0.2, 0.25) is 0 Å². The van der Waals surface area contributed by atoms with E-state index in [0.29, 0.717) is 0 Å². The van der Waals surface area contributed by atoms with Crippen LogP contribution in [0.4, 0.5) is 0 Å². The molecule has 2 heterocycles. The van der Waals surface area contributed by atoms with E-state index in [2.05, 4.69) is 48.4 Å². The van der Waals surface area contributed by atoms with Gasteiger partial charge in [0, 0.05) is 17.8 Å². The van der Waals surface area contributed by atoms with E-state index in [1.165, 1.54) is 14.6 Å². The molecule has 3 aromatic rings. The van der Waals surface area contributed by atoms with Crippen LogP contribution in [0.15, 0.2) is 35.7 Å². The molecule has 0 fully saturated rings. The second-order valence-electron chi connectivity index (χ2n) is 5.37. The normalized spacial score (nSPS) is 11.4. The lowest BCUT2D eigenvalue weighted by atomic mass is 10.3. The number of rotatable bonds is 8. The van der Waals surface area contributed by atoms with Gasteiger partial charge in [-0.2, -0.15) is 0 Å². The number of hydrogen-bond acceptors (Lipinski definition) is 5. The number of nitrogens with zero attached hydrogens (tertiary/aromatic N) is 2. The van der Waals surface area contributed by atoms with Crippen molar-refractivity contribution >= 4 is 32.9 Å². The molecule has 0 aliphatic carbocycles. The van der Waals surface area contributed by atoms with Gasteiger partial charge in [-0.3, -0.25) is 0 Å². The van der Waals surface area contributed by atoms with E-state index in [4.69, 9.17) is 9.72 Å². The van der Waals surface area contributed by atoms with Crippen LogP contribution in [-0.2, 0) is 6.42 Å². The third-order valence-electron chi connectivity index (χ3n) is 3.88. The molecule has 2 aromatic heterocycles. The second-order valence-corrected chi connectivity index (χ2v) is 7.52. The van der Waals surface area contributed by atoms with Gasteiger partial charge in [0.05, 0.1) is 15.2 Å².